The number of rotatable bonds is 9. The van der Waals surface area contributed by atoms with E-state index in [1.165, 1.54) is 26.3 Å². The van der Waals surface area contributed by atoms with E-state index < -0.39 is 41.5 Å². The summed E-state index contributed by atoms with van der Waals surface area (Å²) in [4.78, 5) is 38.5. The molecular formula is C26H27N3O7. The van der Waals surface area contributed by atoms with Gasteiger partial charge in [0.2, 0.25) is 17.6 Å². The standard InChI is InChI=1S/C26H27N3O7/c1-27-24(32)22(18-13-19(30)23(35-2)20(31)14-18)28-25(33)21(17-11-7-4-8-12-17)29-26(34)36-15-16-9-5-3-6-10-16/h3-14,21-22,30-31H,15H2,1-2H3,(H,27,32)(H,28,33)(H,29,34)/t21-,22+/m0/s1. The maximum Gasteiger partial charge on any atom is 0.408 e. The number of phenols is 2. The highest BCUT2D eigenvalue weighted by molar-refractivity contribution is 5.92. The van der Waals surface area contributed by atoms with Crippen LogP contribution in [0.25, 0.3) is 0 Å². The van der Waals surface area contributed by atoms with Gasteiger partial charge in [-0.2, -0.15) is 0 Å². The number of aromatic hydroxyl groups is 2. The molecule has 5 N–H and O–H groups in total. The van der Waals surface area contributed by atoms with Gasteiger partial charge in [-0.25, -0.2) is 4.79 Å². The zero-order chi connectivity index (χ0) is 26.1. The van der Waals surface area contributed by atoms with Crippen molar-refractivity contribution in [3.05, 3.63) is 89.5 Å². The number of likely N-dealkylation sites (N-methyl/N-ethyl adjacent to an activating group) is 1. The summed E-state index contributed by atoms with van der Waals surface area (Å²) in [5.74, 6) is -2.35. The lowest BCUT2D eigenvalue weighted by Gasteiger charge is -2.23. The van der Waals surface area contributed by atoms with Crippen molar-refractivity contribution < 1.29 is 34.1 Å². The second kappa shape index (κ2) is 12.1. The van der Waals surface area contributed by atoms with Crippen LogP contribution in [0, 0.1) is 0 Å². The van der Waals surface area contributed by atoms with Crippen LogP contribution in [0.15, 0.2) is 72.8 Å². The summed E-state index contributed by atoms with van der Waals surface area (Å²) in [5.41, 5.74) is 1.31. The normalized spacial score (nSPS) is 12.1. The molecule has 0 aliphatic carbocycles. The van der Waals surface area contributed by atoms with Crippen LogP contribution in [0.1, 0.15) is 28.8 Å². The van der Waals surface area contributed by atoms with Gasteiger partial charge in [0, 0.05) is 7.05 Å². The van der Waals surface area contributed by atoms with Crippen LogP contribution in [-0.2, 0) is 20.9 Å². The van der Waals surface area contributed by atoms with Crippen molar-refractivity contribution in [3.63, 3.8) is 0 Å². The van der Waals surface area contributed by atoms with E-state index in [2.05, 4.69) is 16.0 Å². The number of hydrogen-bond donors (Lipinski definition) is 5. The lowest BCUT2D eigenvalue weighted by atomic mass is 10.0. The Morgan fingerprint density at radius 1 is 0.806 bits per heavy atom. The summed E-state index contributed by atoms with van der Waals surface area (Å²) in [6, 6.07) is 17.3. The van der Waals surface area contributed by atoms with Gasteiger partial charge in [0.1, 0.15) is 18.7 Å². The van der Waals surface area contributed by atoms with Gasteiger partial charge in [-0.15, -0.1) is 0 Å². The van der Waals surface area contributed by atoms with Gasteiger partial charge < -0.3 is 35.6 Å². The van der Waals surface area contributed by atoms with Gasteiger partial charge in [0.25, 0.3) is 0 Å². The predicted molar refractivity (Wildman–Crippen MR) is 130 cm³/mol. The van der Waals surface area contributed by atoms with E-state index in [0.29, 0.717) is 5.56 Å². The number of alkyl carbamates (subject to hydrolysis) is 1. The van der Waals surface area contributed by atoms with Gasteiger partial charge in [-0.05, 0) is 28.8 Å². The highest BCUT2D eigenvalue weighted by Gasteiger charge is 2.30. The molecule has 0 aliphatic heterocycles. The molecule has 188 valence electrons. The lowest BCUT2D eigenvalue weighted by molar-refractivity contribution is -0.130. The first kappa shape index (κ1) is 25.9. The van der Waals surface area contributed by atoms with Gasteiger partial charge >= 0.3 is 6.09 Å². The molecule has 0 saturated heterocycles. The third-order valence-corrected chi connectivity index (χ3v) is 5.27. The minimum atomic E-state index is -1.31. The molecule has 0 aliphatic rings. The zero-order valence-corrected chi connectivity index (χ0v) is 19.7. The Labute approximate surface area is 207 Å². The molecule has 0 aromatic heterocycles. The van der Waals surface area contributed by atoms with E-state index in [9.17, 15) is 24.6 Å². The largest absolute Gasteiger partial charge is 0.504 e. The van der Waals surface area contributed by atoms with Gasteiger partial charge in [0.15, 0.2) is 11.5 Å². The van der Waals surface area contributed by atoms with Crippen molar-refractivity contribution in [2.75, 3.05) is 14.2 Å². The topological polar surface area (TPSA) is 146 Å². The summed E-state index contributed by atoms with van der Waals surface area (Å²) in [5, 5.41) is 27.9. The van der Waals surface area contributed by atoms with Gasteiger partial charge in [-0.3, -0.25) is 9.59 Å². The molecule has 0 bridgehead atoms. The predicted octanol–water partition coefficient (Wildman–Crippen LogP) is 2.68. The fraction of sp³-hybridized carbons (Fsp3) is 0.192. The molecule has 0 heterocycles. The van der Waals surface area contributed by atoms with Crippen LogP contribution in [0.3, 0.4) is 0 Å². The first-order chi connectivity index (χ1) is 17.3. The summed E-state index contributed by atoms with van der Waals surface area (Å²) < 4.78 is 10.2. The van der Waals surface area contributed by atoms with Crippen molar-refractivity contribution in [1.82, 2.24) is 16.0 Å². The number of carbonyl (C=O) groups is 3. The Balaban J connectivity index is 1.84. The second-order valence-corrected chi connectivity index (χ2v) is 7.70. The Bertz CT molecular complexity index is 1180. The van der Waals surface area contributed by atoms with Crippen LogP contribution >= 0.6 is 0 Å². The first-order valence-corrected chi connectivity index (χ1v) is 11.0. The number of methoxy groups -OCH3 is 1. The number of amides is 3. The van der Waals surface area contributed by atoms with E-state index in [1.54, 1.807) is 42.5 Å². The van der Waals surface area contributed by atoms with Crippen LogP contribution in [0.5, 0.6) is 17.2 Å². The fourth-order valence-corrected chi connectivity index (χ4v) is 3.49. The molecule has 10 nitrogen and oxygen atoms in total. The maximum absolute atomic E-state index is 13.3. The van der Waals surface area contributed by atoms with E-state index in [0.717, 1.165) is 5.56 Å². The average Bonchev–Trinajstić information content (AvgIpc) is 2.89. The monoisotopic (exact) mass is 493 g/mol. The molecule has 0 radical (unpaired) electrons. The molecule has 0 fully saturated rings. The number of ether oxygens (including phenoxy) is 2. The van der Waals surface area contributed by atoms with E-state index in [-0.39, 0.29) is 17.9 Å². The molecule has 10 heteroatoms. The highest BCUT2D eigenvalue weighted by atomic mass is 16.5. The Kier molecular flexibility index (Phi) is 8.71. The van der Waals surface area contributed by atoms with E-state index in [1.807, 2.05) is 18.2 Å². The summed E-state index contributed by atoms with van der Waals surface area (Å²) >= 11 is 0. The van der Waals surface area contributed by atoms with Crippen LogP contribution in [0.4, 0.5) is 4.79 Å². The van der Waals surface area contributed by atoms with Crippen molar-refractivity contribution in [2.24, 2.45) is 0 Å². The molecule has 3 amide bonds. The van der Waals surface area contributed by atoms with Crippen molar-refractivity contribution in [1.29, 1.82) is 0 Å². The molecule has 0 unspecified atom stereocenters. The van der Waals surface area contributed by atoms with E-state index >= 15 is 0 Å². The Hall–Kier alpha value is -4.73. The Morgan fingerprint density at radius 2 is 1.36 bits per heavy atom. The smallest absolute Gasteiger partial charge is 0.408 e. The number of benzene rings is 3. The summed E-state index contributed by atoms with van der Waals surface area (Å²) in [7, 11) is 2.64. The minimum Gasteiger partial charge on any atom is -0.504 e. The number of hydrogen-bond acceptors (Lipinski definition) is 7. The zero-order valence-electron chi connectivity index (χ0n) is 19.7. The quantitative estimate of drug-likeness (QED) is 0.308. The Morgan fingerprint density at radius 3 is 1.92 bits per heavy atom. The molecule has 36 heavy (non-hydrogen) atoms. The van der Waals surface area contributed by atoms with E-state index in [4.69, 9.17) is 9.47 Å². The number of nitrogens with one attached hydrogen (secondary N) is 3. The minimum absolute atomic E-state index is 0.00106. The molecule has 3 aromatic carbocycles. The molecule has 0 spiro atoms. The molecule has 2 atom stereocenters. The number of carbonyl (C=O) groups excluding carboxylic acids is 3. The molecule has 3 rings (SSSR count). The summed E-state index contributed by atoms with van der Waals surface area (Å²) in [6.07, 6.45) is -0.834. The highest BCUT2D eigenvalue weighted by Crippen LogP contribution is 2.38. The maximum atomic E-state index is 13.3. The van der Waals surface area contributed by atoms with Crippen molar-refractivity contribution >= 4 is 17.9 Å². The van der Waals surface area contributed by atoms with Crippen molar-refractivity contribution in [2.45, 2.75) is 18.7 Å². The fourth-order valence-electron chi connectivity index (χ4n) is 3.49. The molecular weight excluding hydrogens is 466 g/mol. The third-order valence-electron chi connectivity index (χ3n) is 5.27. The van der Waals surface area contributed by atoms with Crippen molar-refractivity contribution in [3.8, 4) is 17.2 Å². The SMILES string of the molecule is CNC(=O)[C@H](NC(=O)[C@@H](NC(=O)OCc1ccccc1)c1ccccc1)c1cc(O)c(OC)c(O)c1. The third kappa shape index (κ3) is 6.44. The van der Waals surface area contributed by atoms with Crippen LogP contribution in [-0.4, -0.2) is 42.3 Å². The van der Waals surface area contributed by atoms with Crippen LogP contribution < -0.4 is 20.7 Å². The lowest BCUT2D eigenvalue weighted by Crippen LogP contribution is -2.45. The first-order valence-electron chi connectivity index (χ1n) is 11.0. The molecule has 3 aromatic rings. The van der Waals surface area contributed by atoms with Gasteiger partial charge in [-0.1, -0.05) is 60.7 Å². The van der Waals surface area contributed by atoms with Gasteiger partial charge in [0.05, 0.1) is 7.11 Å². The average molecular weight is 494 g/mol. The van der Waals surface area contributed by atoms with Crippen LogP contribution in [0.2, 0.25) is 0 Å². The summed E-state index contributed by atoms with van der Waals surface area (Å²) in [6.45, 7) is 0.00106. The molecule has 0 saturated carbocycles. The second-order valence-electron chi connectivity index (χ2n) is 7.70. The number of phenolic OH excluding ortho intramolecular Hbond substituents is 2.